The zero-order valence-corrected chi connectivity index (χ0v) is 22.5. The van der Waals surface area contributed by atoms with Crippen LogP contribution in [0.4, 0.5) is 5.82 Å². The molecule has 9 heteroatoms. The predicted octanol–water partition coefficient (Wildman–Crippen LogP) is 4.88. The van der Waals surface area contributed by atoms with Crippen molar-refractivity contribution in [2.75, 3.05) is 18.0 Å². The second kappa shape index (κ2) is 10.3. The molecule has 0 amide bonds. The summed E-state index contributed by atoms with van der Waals surface area (Å²) < 4.78 is 1.37. The second-order valence-electron chi connectivity index (χ2n) is 9.61. The molecular weight excluding hydrogens is 486 g/mol. The summed E-state index contributed by atoms with van der Waals surface area (Å²) >= 11 is 12.6. The molecule has 0 atom stereocenters. The molecule has 5 rings (SSSR count). The highest BCUT2D eigenvalue weighted by atomic mass is 35.5. The van der Waals surface area contributed by atoms with E-state index in [0.717, 1.165) is 38.8 Å². The molecular formula is C27H28B3Cl2N3O. The Labute approximate surface area is 227 Å². The average Bonchev–Trinajstić information content (AvgIpc) is 3.19. The van der Waals surface area contributed by atoms with E-state index in [4.69, 9.17) is 51.7 Å². The number of anilines is 1. The third-order valence-electron chi connectivity index (χ3n) is 7.21. The third-order valence-corrected chi connectivity index (χ3v) is 8.02. The van der Waals surface area contributed by atoms with E-state index in [-0.39, 0.29) is 16.0 Å². The van der Waals surface area contributed by atoms with Crippen LogP contribution in [0.1, 0.15) is 49.2 Å². The molecule has 1 aliphatic heterocycles. The summed E-state index contributed by atoms with van der Waals surface area (Å²) in [5.41, 5.74) is 3.13. The van der Waals surface area contributed by atoms with E-state index in [1.165, 1.54) is 15.7 Å². The number of halogens is 2. The minimum atomic E-state index is -1.88. The van der Waals surface area contributed by atoms with E-state index in [9.17, 15) is 4.79 Å². The van der Waals surface area contributed by atoms with Crippen molar-refractivity contribution >= 4 is 52.6 Å². The summed E-state index contributed by atoms with van der Waals surface area (Å²) in [5, 5.41) is -1.31. The molecule has 180 valence electrons. The number of fused-ring (bicyclic) bond motifs is 1. The van der Waals surface area contributed by atoms with Gasteiger partial charge in [-0.15, -0.1) is 0 Å². The highest BCUT2D eigenvalue weighted by molar-refractivity contribution is 6.59. The van der Waals surface area contributed by atoms with Gasteiger partial charge in [-0.05, 0) is 61.3 Å². The van der Waals surface area contributed by atoms with Crippen LogP contribution in [-0.2, 0) is 18.0 Å². The molecule has 2 heterocycles. The zero-order chi connectivity index (χ0) is 26.3. The maximum absolute atomic E-state index is 13.7. The van der Waals surface area contributed by atoms with Crippen molar-refractivity contribution < 1.29 is 0 Å². The fraction of sp³-hybridized carbons (Fsp3) is 0.407. The van der Waals surface area contributed by atoms with Gasteiger partial charge in [0.05, 0.1) is 39.3 Å². The predicted molar refractivity (Wildman–Crippen MR) is 153 cm³/mol. The van der Waals surface area contributed by atoms with Crippen molar-refractivity contribution in [2.24, 2.45) is 5.41 Å². The number of aryl methyl sites for hydroxylation is 1. The van der Waals surface area contributed by atoms with Crippen molar-refractivity contribution in [3.8, 4) is 5.69 Å². The maximum Gasteiger partial charge on any atom is 0.261 e. The molecule has 0 N–H and O–H groups in total. The molecule has 0 bridgehead atoms. The first-order chi connectivity index (χ1) is 17.1. The Morgan fingerprint density at radius 2 is 1.53 bits per heavy atom. The van der Waals surface area contributed by atoms with Crippen LogP contribution >= 0.6 is 23.2 Å². The molecule has 1 aromatic heterocycles. The summed E-state index contributed by atoms with van der Waals surface area (Å²) in [6.45, 7) is 7.23. The van der Waals surface area contributed by atoms with Crippen molar-refractivity contribution in [3.05, 3.63) is 85.4 Å². The van der Waals surface area contributed by atoms with Crippen molar-refractivity contribution in [3.63, 3.8) is 0 Å². The molecule has 0 unspecified atom stereocenters. The van der Waals surface area contributed by atoms with Gasteiger partial charge in [-0.3, -0.25) is 9.36 Å². The molecule has 1 aliphatic carbocycles. The maximum atomic E-state index is 13.7. The first-order valence-corrected chi connectivity index (χ1v) is 13.1. The first-order valence-electron chi connectivity index (χ1n) is 12.4. The Hall–Kier alpha value is -2.11. The van der Waals surface area contributed by atoms with Crippen LogP contribution in [0.2, 0.25) is 10.0 Å². The lowest BCUT2D eigenvalue weighted by molar-refractivity contribution is 0.232. The average molecular weight is 514 g/mol. The largest absolute Gasteiger partial charge is 0.356 e. The van der Waals surface area contributed by atoms with Gasteiger partial charge in [0, 0.05) is 18.7 Å². The van der Waals surface area contributed by atoms with Gasteiger partial charge in [-0.2, -0.15) is 0 Å². The van der Waals surface area contributed by atoms with Crippen molar-refractivity contribution in [2.45, 2.75) is 51.6 Å². The van der Waals surface area contributed by atoms with Gasteiger partial charge in [0.2, 0.25) is 0 Å². The molecule has 6 radical (unpaired) electrons. The fourth-order valence-corrected chi connectivity index (χ4v) is 5.87. The first kappa shape index (κ1) is 26.9. The van der Waals surface area contributed by atoms with E-state index in [1.54, 1.807) is 25.1 Å². The number of rotatable bonds is 3. The molecule has 2 aliphatic rings. The molecule has 0 saturated carbocycles. The SMILES string of the molecule is CC.[B]C([B])([B])c1c(N2CCC3(CC2)Cc2ccccc2C3)nc(C)n(-c2cccc(Cl)c2Cl)c1=O. The van der Waals surface area contributed by atoms with E-state index in [0.29, 0.717) is 22.4 Å². The molecule has 1 saturated heterocycles. The number of hydrogen-bond acceptors (Lipinski definition) is 3. The van der Waals surface area contributed by atoms with E-state index in [2.05, 4.69) is 29.2 Å². The molecule has 4 nitrogen and oxygen atoms in total. The van der Waals surface area contributed by atoms with Gasteiger partial charge in [0.1, 0.15) is 11.6 Å². The fourth-order valence-electron chi connectivity index (χ4n) is 5.49. The Bertz CT molecular complexity index is 1300. The lowest BCUT2D eigenvalue weighted by Crippen LogP contribution is -2.46. The minimum absolute atomic E-state index is 0.0554. The van der Waals surface area contributed by atoms with Crippen molar-refractivity contribution in [1.29, 1.82) is 0 Å². The smallest absolute Gasteiger partial charge is 0.261 e. The third kappa shape index (κ3) is 4.89. The molecule has 36 heavy (non-hydrogen) atoms. The van der Waals surface area contributed by atoms with Gasteiger partial charge in [0.15, 0.2) is 0 Å². The second-order valence-corrected chi connectivity index (χ2v) is 10.4. The van der Waals surface area contributed by atoms with E-state index >= 15 is 0 Å². The normalized spacial score (nSPS) is 16.4. The number of aromatic nitrogens is 2. The van der Waals surface area contributed by atoms with Crippen LogP contribution in [0.15, 0.2) is 47.3 Å². The van der Waals surface area contributed by atoms with Gasteiger partial charge in [-0.25, -0.2) is 4.98 Å². The lowest BCUT2D eigenvalue weighted by atomic mass is 9.40. The summed E-state index contributed by atoms with van der Waals surface area (Å²) in [7, 11) is 18.4. The Morgan fingerprint density at radius 1 is 0.944 bits per heavy atom. The summed E-state index contributed by atoms with van der Waals surface area (Å²) in [4.78, 5) is 20.6. The number of benzene rings is 2. The summed E-state index contributed by atoms with van der Waals surface area (Å²) in [6.07, 6.45) is 4.13. The highest BCUT2D eigenvalue weighted by Crippen LogP contribution is 2.45. The van der Waals surface area contributed by atoms with E-state index < -0.39 is 10.7 Å². The Balaban J connectivity index is 0.00000148. The molecule has 1 spiro atoms. The quantitative estimate of drug-likeness (QED) is 0.469. The summed E-state index contributed by atoms with van der Waals surface area (Å²) in [6, 6.07) is 13.7. The molecule has 2 aromatic carbocycles. The topological polar surface area (TPSA) is 38.1 Å². The monoisotopic (exact) mass is 513 g/mol. The van der Waals surface area contributed by atoms with Crippen LogP contribution < -0.4 is 10.5 Å². The van der Waals surface area contributed by atoms with Crippen LogP contribution in [0.5, 0.6) is 0 Å². The van der Waals surface area contributed by atoms with Crippen molar-refractivity contribution in [1.82, 2.24) is 9.55 Å². The number of hydrogen-bond donors (Lipinski definition) is 0. The van der Waals surface area contributed by atoms with Crippen LogP contribution in [0.25, 0.3) is 5.69 Å². The van der Waals surface area contributed by atoms with Crippen LogP contribution in [-0.4, -0.2) is 46.2 Å². The number of nitrogens with zero attached hydrogens (tertiary/aromatic N) is 3. The van der Waals surface area contributed by atoms with E-state index in [1.807, 2.05) is 13.8 Å². The van der Waals surface area contributed by atoms with Gasteiger partial charge >= 0.3 is 0 Å². The minimum Gasteiger partial charge on any atom is -0.356 e. The lowest BCUT2D eigenvalue weighted by Gasteiger charge is -2.41. The van der Waals surface area contributed by atoms with Gasteiger partial charge in [-0.1, -0.05) is 72.5 Å². The zero-order valence-electron chi connectivity index (χ0n) is 21.0. The highest BCUT2D eigenvalue weighted by Gasteiger charge is 2.41. The Kier molecular flexibility index (Phi) is 7.74. The van der Waals surface area contributed by atoms with Gasteiger partial charge in [0.25, 0.3) is 5.56 Å². The van der Waals surface area contributed by atoms with Crippen LogP contribution in [0, 0.1) is 12.3 Å². The standard InChI is InChI=1S/C25H22B3Cl2N3O.C2H6/c1-15-31-22(32-11-9-24(10-12-32)13-16-5-2-3-6-17(16)14-24)20(25(26,27)28)23(34)33(15)19-8-4-7-18(29)21(19)30;1-2/h2-8H,9-14H2,1H3;1-2H3. The summed E-state index contributed by atoms with van der Waals surface area (Å²) in [5.74, 6) is 0.889. The Morgan fingerprint density at radius 3 is 2.08 bits per heavy atom. The van der Waals surface area contributed by atoms with Gasteiger partial charge < -0.3 is 4.90 Å². The molecule has 1 fully saturated rings. The molecule has 3 aromatic rings. The van der Waals surface area contributed by atoms with Crippen LogP contribution in [0.3, 0.4) is 0 Å². The number of piperidine rings is 1.